The Morgan fingerprint density at radius 1 is 1.17 bits per heavy atom. The molecule has 2 heterocycles. The van der Waals surface area contributed by atoms with E-state index in [1.54, 1.807) is 0 Å². The maximum absolute atomic E-state index is 11.1. The molecule has 1 unspecified atom stereocenters. The van der Waals surface area contributed by atoms with Gasteiger partial charge in [-0.05, 0) is 43.9 Å². The Labute approximate surface area is 179 Å². The van der Waals surface area contributed by atoms with Gasteiger partial charge in [-0.2, -0.15) is 0 Å². The van der Waals surface area contributed by atoms with Crippen molar-refractivity contribution in [3.63, 3.8) is 0 Å². The SMILES string of the molecule is CCC1=C(CC)OC2=CC3=C(CC2=C1)NC(C)(C)C(O)N3NCCc1ccccc1. The van der Waals surface area contributed by atoms with Crippen molar-refractivity contribution < 1.29 is 9.84 Å². The molecule has 30 heavy (non-hydrogen) atoms. The number of fused-ring (bicyclic) bond motifs is 1. The van der Waals surface area contributed by atoms with Gasteiger partial charge in [0.25, 0.3) is 0 Å². The van der Waals surface area contributed by atoms with E-state index in [0.717, 1.165) is 55.1 Å². The Morgan fingerprint density at radius 3 is 2.63 bits per heavy atom. The molecule has 0 amide bonds. The fourth-order valence-electron chi connectivity index (χ4n) is 4.34. The third-order valence-electron chi connectivity index (χ3n) is 6.06. The molecule has 0 spiro atoms. The lowest BCUT2D eigenvalue weighted by atomic mass is 9.90. The van der Waals surface area contributed by atoms with Crippen LogP contribution < -0.4 is 10.7 Å². The van der Waals surface area contributed by atoms with Crippen molar-refractivity contribution in [2.45, 2.75) is 65.1 Å². The lowest BCUT2D eigenvalue weighted by molar-refractivity contribution is -0.0691. The molecular weight excluding hydrogens is 374 g/mol. The molecule has 1 atom stereocenters. The van der Waals surface area contributed by atoms with Crippen molar-refractivity contribution in [3.8, 4) is 0 Å². The van der Waals surface area contributed by atoms with Crippen molar-refractivity contribution in [2.24, 2.45) is 0 Å². The maximum atomic E-state index is 11.1. The summed E-state index contributed by atoms with van der Waals surface area (Å²) >= 11 is 0. The highest BCUT2D eigenvalue weighted by atomic mass is 16.5. The van der Waals surface area contributed by atoms with Crippen LogP contribution in [0.2, 0.25) is 0 Å². The van der Waals surface area contributed by atoms with Crippen molar-refractivity contribution in [1.29, 1.82) is 0 Å². The summed E-state index contributed by atoms with van der Waals surface area (Å²) in [5, 5.41) is 16.6. The van der Waals surface area contributed by atoms with E-state index < -0.39 is 11.8 Å². The Morgan fingerprint density at radius 2 is 1.93 bits per heavy atom. The van der Waals surface area contributed by atoms with Crippen LogP contribution in [0.1, 0.15) is 52.5 Å². The molecule has 2 aliphatic heterocycles. The molecule has 5 nitrogen and oxygen atoms in total. The van der Waals surface area contributed by atoms with Crippen LogP contribution in [0, 0.1) is 0 Å². The van der Waals surface area contributed by atoms with E-state index in [2.05, 4.69) is 61.0 Å². The van der Waals surface area contributed by atoms with Crippen molar-refractivity contribution >= 4 is 0 Å². The van der Waals surface area contributed by atoms with E-state index in [0.29, 0.717) is 0 Å². The fourth-order valence-corrected chi connectivity index (χ4v) is 4.34. The molecule has 1 aromatic carbocycles. The lowest BCUT2D eigenvalue weighted by Gasteiger charge is -2.48. The molecule has 3 N–H and O–H groups in total. The van der Waals surface area contributed by atoms with Gasteiger partial charge in [0.05, 0.1) is 11.2 Å². The summed E-state index contributed by atoms with van der Waals surface area (Å²) in [6.07, 6.45) is 7.15. The van der Waals surface area contributed by atoms with Crippen LogP contribution in [-0.2, 0) is 11.2 Å². The molecule has 0 aromatic heterocycles. The molecule has 3 aliphatic rings. The number of hydrogen-bond acceptors (Lipinski definition) is 5. The van der Waals surface area contributed by atoms with E-state index in [4.69, 9.17) is 4.74 Å². The Balaban J connectivity index is 1.59. The zero-order valence-corrected chi connectivity index (χ0v) is 18.5. The van der Waals surface area contributed by atoms with Gasteiger partial charge in [0.1, 0.15) is 11.5 Å². The van der Waals surface area contributed by atoms with Crippen LogP contribution in [0.3, 0.4) is 0 Å². The summed E-state index contributed by atoms with van der Waals surface area (Å²) in [6.45, 7) is 9.10. The molecule has 160 valence electrons. The van der Waals surface area contributed by atoms with Crippen LogP contribution >= 0.6 is 0 Å². The third kappa shape index (κ3) is 3.92. The van der Waals surface area contributed by atoms with Crippen LogP contribution in [0.5, 0.6) is 0 Å². The first-order valence-corrected chi connectivity index (χ1v) is 11.0. The number of hydrogen-bond donors (Lipinski definition) is 3. The topological polar surface area (TPSA) is 56.8 Å². The van der Waals surface area contributed by atoms with E-state index in [-0.39, 0.29) is 0 Å². The molecule has 5 heteroatoms. The second-order valence-electron chi connectivity index (χ2n) is 8.71. The van der Waals surface area contributed by atoms with Gasteiger partial charge in [-0.3, -0.25) is 5.01 Å². The van der Waals surface area contributed by atoms with Crippen molar-refractivity contribution in [2.75, 3.05) is 6.54 Å². The summed E-state index contributed by atoms with van der Waals surface area (Å²) in [4.78, 5) is 0. The van der Waals surface area contributed by atoms with Gasteiger partial charge < -0.3 is 15.2 Å². The number of nitrogens with one attached hydrogen (secondary N) is 2. The summed E-state index contributed by atoms with van der Waals surface area (Å²) in [5.74, 6) is 1.94. The molecular formula is C25H33N3O2. The second kappa shape index (κ2) is 8.32. The van der Waals surface area contributed by atoms with Gasteiger partial charge in [0.2, 0.25) is 0 Å². The first kappa shape index (κ1) is 20.8. The van der Waals surface area contributed by atoms with Gasteiger partial charge >= 0.3 is 0 Å². The number of rotatable bonds is 6. The predicted octanol–water partition coefficient (Wildman–Crippen LogP) is 4.27. The van der Waals surface area contributed by atoms with Gasteiger partial charge in [-0.1, -0.05) is 44.2 Å². The minimum absolute atomic E-state index is 0.474. The van der Waals surface area contributed by atoms with Crippen LogP contribution in [0.15, 0.2) is 76.5 Å². The summed E-state index contributed by atoms with van der Waals surface area (Å²) < 4.78 is 6.28. The Bertz CT molecular complexity index is 925. The summed E-state index contributed by atoms with van der Waals surface area (Å²) in [6, 6.07) is 10.4. The standard InChI is InChI=1S/C25H33N3O2/c1-5-18-14-19-15-20-21(16-23(19)30-22(18)6-2)28(24(29)25(3,4)27-20)26-13-12-17-10-8-7-9-11-17/h7-11,14,16,24,26-27,29H,5-6,12-13,15H2,1-4H3. The molecule has 0 saturated carbocycles. The molecule has 0 bridgehead atoms. The quantitative estimate of drug-likeness (QED) is 0.658. The predicted molar refractivity (Wildman–Crippen MR) is 120 cm³/mol. The highest BCUT2D eigenvalue weighted by Gasteiger charge is 2.41. The number of hydrazine groups is 1. The van der Waals surface area contributed by atoms with Gasteiger partial charge in [0.15, 0.2) is 6.23 Å². The minimum Gasteiger partial charge on any atom is -0.461 e. The van der Waals surface area contributed by atoms with E-state index >= 15 is 0 Å². The van der Waals surface area contributed by atoms with E-state index in [9.17, 15) is 5.11 Å². The van der Waals surface area contributed by atoms with Gasteiger partial charge in [0, 0.05) is 36.7 Å². The van der Waals surface area contributed by atoms with Crippen LogP contribution in [0.25, 0.3) is 0 Å². The van der Waals surface area contributed by atoms with Crippen LogP contribution in [0.4, 0.5) is 0 Å². The lowest BCUT2D eigenvalue weighted by Crippen LogP contribution is -2.64. The molecule has 0 radical (unpaired) electrons. The first-order valence-electron chi connectivity index (χ1n) is 11.0. The first-order chi connectivity index (χ1) is 14.4. The number of benzene rings is 1. The number of nitrogens with zero attached hydrogens (tertiary/aromatic N) is 1. The van der Waals surface area contributed by atoms with Crippen molar-refractivity contribution in [1.82, 2.24) is 15.8 Å². The summed E-state index contributed by atoms with van der Waals surface area (Å²) in [7, 11) is 0. The molecule has 0 fully saturated rings. The Kier molecular flexibility index (Phi) is 5.76. The Hall–Kier alpha value is -2.50. The normalized spacial score (nSPS) is 22.6. The largest absolute Gasteiger partial charge is 0.461 e. The third-order valence-corrected chi connectivity index (χ3v) is 6.06. The number of ether oxygens (including phenoxy) is 1. The number of aliphatic hydroxyl groups is 1. The van der Waals surface area contributed by atoms with Crippen molar-refractivity contribution in [3.05, 3.63) is 82.1 Å². The highest BCUT2D eigenvalue weighted by molar-refractivity contribution is 5.50. The molecule has 0 saturated heterocycles. The average molecular weight is 408 g/mol. The van der Waals surface area contributed by atoms with E-state index in [1.165, 1.54) is 16.7 Å². The summed E-state index contributed by atoms with van der Waals surface area (Å²) in [5.41, 5.74) is 8.82. The second-order valence-corrected chi connectivity index (χ2v) is 8.71. The monoisotopic (exact) mass is 407 g/mol. The molecule has 1 aliphatic carbocycles. The number of allylic oxidation sites excluding steroid dienone is 6. The fraction of sp³-hybridized carbons (Fsp3) is 0.440. The average Bonchev–Trinajstić information content (AvgIpc) is 2.75. The zero-order valence-electron chi connectivity index (χ0n) is 18.5. The molecule has 4 rings (SSSR count). The highest BCUT2D eigenvalue weighted by Crippen LogP contribution is 2.40. The smallest absolute Gasteiger partial charge is 0.163 e. The maximum Gasteiger partial charge on any atom is 0.163 e. The van der Waals surface area contributed by atoms with Gasteiger partial charge in [-0.15, -0.1) is 0 Å². The van der Waals surface area contributed by atoms with Crippen LogP contribution in [-0.4, -0.2) is 28.4 Å². The number of aliphatic hydroxyl groups excluding tert-OH is 1. The minimum atomic E-state index is -0.703. The van der Waals surface area contributed by atoms with Gasteiger partial charge in [-0.25, -0.2) is 5.43 Å². The zero-order chi connectivity index (χ0) is 21.3. The molecule has 1 aromatic rings. The van der Waals surface area contributed by atoms with E-state index in [1.807, 2.05) is 24.9 Å².